The van der Waals surface area contributed by atoms with E-state index in [1.54, 1.807) is 4.90 Å². The third-order valence-electron chi connectivity index (χ3n) is 3.95. The van der Waals surface area contributed by atoms with E-state index in [4.69, 9.17) is 16.4 Å². The minimum absolute atomic E-state index is 0.0237. The van der Waals surface area contributed by atoms with Crippen LogP contribution < -0.4 is 0 Å². The van der Waals surface area contributed by atoms with Crippen molar-refractivity contribution in [1.29, 1.82) is 0 Å². The summed E-state index contributed by atoms with van der Waals surface area (Å²) in [5.41, 5.74) is 0.208. The highest BCUT2D eigenvalue weighted by molar-refractivity contribution is 7.89. The summed E-state index contributed by atoms with van der Waals surface area (Å²) in [6, 6.07) is 4.12. The standard InChI is InChI=1S/C15H21ClN2O4S/c1-17(22-2)23(20,21)12-7-8-14(16)13(11-12)15(19)18-9-5-3-4-6-10-18/h7-8,11H,3-6,9-10H2,1-2H3. The molecule has 0 aromatic heterocycles. The first-order valence-corrected chi connectivity index (χ1v) is 9.31. The number of benzene rings is 1. The van der Waals surface area contributed by atoms with E-state index in [0.717, 1.165) is 30.2 Å². The third-order valence-corrected chi connectivity index (χ3v) is 5.96. The van der Waals surface area contributed by atoms with Gasteiger partial charge in [-0.15, -0.1) is 0 Å². The largest absolute Gasteiger partial charge is 0.339 e. The minimum atomic E-state index is -3.82. The van der Waals surface area contributed by atoms with Gasteiger partial charge in [-0.3, -0.25) is 9.63 Å². The van der Waals surface area contributed by atoms with Crippen molar-refractivity contribution in [3.05, 3.63) is 28.8 Å². The normalized spacial score (nSPS) is 16.4. The fraction of sp³-hybridized carbons (Fsp3) is 0.533. The lowest BCUT2D eigenvalue weighted by atomic mass is 10.2. The molecule has 0 saturated carbocycles. The molecule has 0 atom stereocenters. The van der Waals surface area contributed by atoms with Crippen LogP contribution in [0.25, 0.3) is 0 Å². The molecule has 0 N–H and O–H groups in total. The topological polar surface area (TPSA) is 66.9 Å². The Balaban J connectivity index is 2.35. The quantitative estimate of drug-likeness (QED) is 0.774. The summed E-state index contributed by atoms with van der Waals surface area (Å²) in [5, 5.41) is 0.248. The Morgan fingerprint density at radius 2 is 1.83 bits per heavy atom. The van der Waals surface area contributed by atoms with Gasteiger partial charge in [0.1, 0.15) is 0 Å². The summed E-state index contributed by atoms with van der Waals surface area (Å²) in [6.07, 6.45) is 4.11. The zero-order valence-electron chi connectivity index (χ0n) is 13.3. The van der Waals surface area contributed by atoms with E-state index in [1.807, 2.05) is 0 Å². The van der Waals surface area contributed by atoms with Gasteiger partial charge < -0.3 is 4.90 Å². The van der Waals surface area contributed by atoms with Crippen molar-refractivity contribution in [2.24, 2.45) is 0 Å². The van der Waals surface area contributed by atoms with Gasteiger partial charge >= 0.3 is 0 Å². The summed E-state index contributed by atoms with van der Waals surface area (Å²) >= 11 is 6.13. The van der Waals surface area contributed by atoms with Crippen molar-refractivity contribution in [1.82, 2.24) is 9.37 Å². The highest BCUT2D eigenvalue weighted by Gasteiger charge is 2.25. The van der Waals surface area contributed by atoms with Gasteiger partial charge in [0.05, 0.1) is 22.6 Å². The maximum absolute atomic E-state index is 12.7. The van der Waals surface area contributed by atoms with Crippen LogP contribution in [-0.4, -0.2) is 50.9 Å². The van der Waals surface area contributed by atoms with Gasteiger partial charge in [0, 0.05) is 20.1 Å². The fourth-order valence-electron chi connectivity index (χ4n) is 2.52. The molecule has 0 aliphatic carbocycles. The molecular formula is C15H21ClN2O4S. The van der Waals surface area contributed by atoms with Crippen molar-refractivity contribution in [2.75, 3.05) is 27.2 Å². The monoisotopic (exact) mass is 360 g/mol. The van der Waals surface area contributed by atoms with Crippen LogP contribution in [0.5, 0.6) is 0 Å². The van der Waals surface area contributed by atoms with E-state index >= 15 is 0 Å². The number of sulfonamides is 1. The lowest BCUT2D eigenvalue weighted by Crippen LogP contribution is -2.32. The number of carbonyl (C=O) groups is 1. The summed E-state index contributed by atoms with van der Waals surface area (Å²) in [7, 11) is -1.27. The molecule has 0 radical (unpaired) electrons. The lowest BCUT2D eigenvalue weighted by Gasteiger charge is -2.21. The number of hydroxylamine groups is 1. The van der Waals surface area contributed by atoms with Crippen molar-refractivity contribution in [2.45, 2.75) is 30.6 Å². The van der Waals surface area contributed by atoms with Gasteiger partial charge in [-0.05, 0) is 31.0 Å². The molecule has 0 unspecified atom stereocenters. The van der Waals surface area contributed by atoms with Gasteiger partial charge in [0.15, 0.2) is 0 Å². The average Bonchev–Trinajstić information content (AvgIpc) is 2.82. The Kier molecular flexibility index (Phi) is 6.02. The molecule has 1 fully saturated rings. The van der Waals surface area contributed by atoms with E-state index in [0.29, 0.717) is 13.1 Å². The van der Waals surface area contributed by atoms with Crippen molar-refractivity contribution in [3.8, 4) is 0 Å². The molecule has 6 nitrogen and oxygen atoms in total. The molecule has 1 heterocycles. The van der Waals surface area contributed by atoms with Crippen LogP contribution in [0.1, 0.15) is 36.0 Å². The molecule has 8 heteroatoms. The van der Waals surface area contributed by atoms with E-state index in [1.165, 1.54) is 32.4 Å². The number of rotatable bonds is 4. The van der Waals surface area contributed by atoms with E-state index in [-0.39, 0.29) is 21.4 Å². The predicted molar refractivity (Wildman–Crippen MR) is 87.8 cm³/mol. The van der Waals surface area contributed by atoms with Crippen LogP contribution in [0, 0.1) is 0 Å². The Morgan fingerprint density at radius 1 is 1.22 bits per heavy atom. The second kappa shape index (κ2) is 7.61. The van der Waals surface area contributed by atoms with Crippen LogP contribution in [0.2, 0.25) is 5.02 Å². The summed E-state index contributed by atoms with van der Waals surface area (Å²) < 4.78 is 25.4. The van der Waals surface area contributed by atoms with E-state index in [2.05, 4.69) is 0 Å². The Morgan fingerprint density at radius 3 is 2.39 bits per heavy atom. The van der Waals surface area contributed by atoms with Gasteiger partial charge in [-0.2, -0.15) is 0 Å². The van der Waals surface area contributed by atoms with E-state index in [9.17, 15) is 13.2 Å². The fourth-order valence-corrected chi connectivity index (χ4v) is 3.72. The van der Waals surface area contributed by atoms with Crippen LogP contribution >= 0.6 is 11.6 Å². The third kappa shape index (κ3) is 4.03. The number of likely N-dealkylation sites (tertiary alicyclic amines) is 1. The highest BCUT2D eigenvalue weighted by Crippen LogP contribution is 2.25. The van der Waals surface area contributed by atoms with Gasteiger partial charge in [-0.25, -0.2) is 8.42 Å². The maximum atomic E-state index is 12.7. The molecule has 2 rings (SSSR count). The number of halogens is 1. The molecule has 23 heavy (non-hydrogen) atoms. The molecule has 1 saturated heterocycles. The highest BCUT2D eigenvalue weighted by atomic mass is 35.5. The van der Waals surface area contributed by atoms with Crippen molar-refractivity contribution in [3.63, 3.8) is 0 Å². The summed E-state index contributed by atoms with van der Waals surface area (Å²) in [5.74, 6) is -0.228. The number of carbonyl (C=O) groups excluding carboxylic acids is 1. The van der Waals surface area contributed by atoms with Crippen molar-refractivity contribution < 1.29 is 18.0 Å². The Bertz CT molecular complexity index is 670. The van der Waals surface area contributed by atoms with E-state index < -0.39 is 10.0 Å². The Labute approximate surface area is 142 Å². The molecule has 0 spiro atoms. The molecular weight excluding hydrogens is 340 g/mol. The molecule has 1 aliphatic heterocycles. The lowest BCUT2D eigenvalue weighted by molar-refractivity contribution is -0.0258. The molecule has 1 aliphatic rings. The summed E-state index contributed by atoms with van der Waals surface area (Å²) in [4.78, 5) is 19.2. The Hall–Kier alpha value is -1.15. The number of amides is 1. The number of hydrogen-bond donors (Lipinski definition) is 0. The SMILES string of the molecule is CON(C)S(=O)(=O)c1ccc(Cl)c(C(=O)N2CCCCCC2)c1. The first-order valence-electron chi connectivity index (χ1n) is 7.50. The van der Waals surface area contributed by atoms with Crippen molar-refractivity contribution >= 4 is 27.5 Å². The molecule has 1 aromatic carbocycles. The number of hydrogen-bond acceptors (Lipinski definition) is 4. The zero-order chi connectivity index (χ0) is 17.0. The minimum Gasteiger partial charge on any atom is -0.339 e. The smallest absolute Gasteiger partial charge is 0.264 e. The van der Waals surface area contributed by atoms with Crippen LogP contribution in [0.15, 0.2) is 23.1 Å². The van der Waals surface area contributed by atoms with Gasteiger partial charge in [0.2, 0.25) is 0 Å². The van der Waals surface area contributed by atoms with Gasteiger partial charge in [-0.1, -0.05) is 28.9 Å². The van der Waals surface area contributed by atoms with Crippen LogP contribution in [0.3, 0.4) is 0 Å². The average molecular weight is 361 g/mol. The second-order valence-corrected chi connectivity index (χ2v) is 7.79. The first-order chi connectivity index (χ1) is 10.9. The molecule has 1 amide bonds. The predicted octanol–water partition coefficient (Wildman–Crippen LogP) is 2.54. The van der Waals surface area contributed by atoms with Crippen LogP contribution in [-0.2, 0) is 14.9 Å². The molecule has 128 valence electrons. The first kappa shape index (κ1) is 18.2. The van der Waals surface area contributed by atoms with Gasteiger partial charge in [0.25, 0.3) is 15.9 Å². The molecule has 1 aromatic rings. The second-order valence-electron chi connectivity index (χ2n) is 5.45. The maximum Gasteiger partial charge on any atom is 0.264 e. The zero-order valence-corrected chi connectivity index (χ0v) is 14.9. The summed E-state index contributed by atoms with van der Waals surface area (Å²) in [6.45, 7) is 1.34. The number of nitrogens with zero attached hydrogens (tertiary/aromatic N) is 2. The van der Waals surface area contributed by atoms with Crippen LogP contribution in [0.4, 0.5) is 0 Å². The molecule has 0 bridgehead atoms.